The van der Waals surface area contributed by atoms with Crippen molar-refractivity contribution in [2.75, 3.05) is 13.6 Å². The highest BCUT2D eigenvalue weighted by Gasteiger charge is 2.14. The Balaban J connectivity index is 1.95. The van der Waals surface area contributed by atoms with Gasteiger partial charge in [-0.25, -0.2) is 0 Å². The smallest absolute Gasteiger partial charge is 0.0767 e. The molecule has 19 heavy (non-hydrogen) atoms. The summed E-state index contributed by atoms with van der Waals surface area (Å²) in [4.78, 5) is 3.80. The fraction of sp³-hybridized carbons (Fsp3) is 0.500. The van der Waals surface area contributed by atoms with Gasteiger partial charge in [-0.05, 0) is 47.3 Å². The van der Waals surface area contributed by atoms with Crippen LogP contribution in [0.1, 0.15) is 23.2 Å². The fourth-order valence-electron chi connectivity index (χ4n) is 2.08. The molecule has 2 aromatic heterocycles. The zero-order valence-electron chi connectivity index (χ0n) is 11.7. The summed E-state index contributed by atoms with van der Waals surface area (Å²) < 4.78 is 3.16. The van der Waals surface area contributed by atoms with Gasteiger partial charge >= 0.3 is 0 Å². The van der Waals surface area contributed by atoms with Crippen LogP contribution in [0.2, 0.25) is 0 Å². The van der Waals surface area contributed by atoms with Crippen LogP contribution < -0.4 is 0 Å². The average molecular weight is 342 g/mol. The van der Waals surface area contributed by atoms with Crippen LogP contribution in [0, 0.1) is 0 Å². The molecule has 0 aliphatic heterocycles. The molecule has 0 unspecified atom stereocenters. The van der Waals surface area contributed by atoms with Gasteiger partial charge in [-0.2, -0.15) is 5.10 Å². The van der Waals surface area contributed by atoms with E-state index < -0.39 is 0 Å². The Bertz CT molecular complexity index is 519. The van der Waals surface area contributed by atoms with E-state index in [9.17, 15) is 0 Å². The lowest BCUT2D eigenvalue weighted by Gasteiger charge is -2.16. The number of thiophene rings is 1. The number of halogens is 1. The lowest BCUT2D eigenvalue weighted by molar-refractivity contribution is 0.321. The lowest BCUT2D eigenvalue weighted by Crippen LogP contribution is -2.22. The van der Waals surface area contributed by atoms with Gasteiger partial charge in [-0.1, -0.05) is 13.0 Å². The van der Waals surface area contributed by atoms with E-state index in [1.165, 1.54) is 15.0 Å². The highest BCUT2D eigenvalue weighted by Crippen LogP contribution is 2.22. The Morgan fingerprint density at radius 2 is 2.26 bits per heavy atom. The predicted octanol–water partition coefficient (Wildman–Crippen LogP) is 3.48. The van der Waals surface area contributed by atoms with Crippen LogP contribution >= 0.6 is 27.3 Å². The SMILES string of the molecule is CCc1nn(C)c(CN(C)CCc2cccs2)c1Br. The minimum absolute atomic E-state index is 0.926. The van der Waals surface area contributed by atoms with Crippen LogP contribution in [0.5, 0.6) is 0 Å². The molecule has 3 nitrogen and oxygen atoms in total. The maximum absolute atomic E-state index is 4.54. The quantitative estimate of drug-likeness (QED) is 0.801. The van der Waals surface area contributed by atoms with Crippen LogP contribution in [-0.4, -0.2) is 28.3 Å². The molecule has 0 aliphatic carbocycles. The van der Waals surface area contributed by atoms with Crippen molar-refractivity contribution in [2.45, 2.75) is 26.3 Å². The first kappa shape index (κ1) is 14.8. The number of aryl methyl sites for hydroxylation is 2. The summed E-state index contributed by atoms with van der Waals surface area (Å²) in [5.41, 5.74) is 2.40. The molecule has 0 bridgehead atoms. The normalized spacial score (nSPS) is 11.4. The van der Waals surface area contributed by atoms with Gasteiger partial charge in [0.15, 0.2) is 0 Å². The zero-order chi connectivity index (χ0) is 13.8. The Morgan fingerprint density at radius 3 is 2.84 bits per heavy atom. The van der Waals surface area contributed by atoms with Crippen LogP contribution in [0.3, 0.4) is 0 Å². The van der Waals surface area contributed by atoms with E-state index in [-0.39, 0.29) is 0 Å². The molecule has 0 N–H and O–H groups in total. The molecule has 0 atom stereocenters. The standard InChI is InChI=1S/C14H20BrN3S/c1-4-12-14(15)13(18(3)16-12)10-17(2)8-7-11-6-5-9-19-11/h5-6,9H,4,7-8,10H2,1-3H3. The topological polar surface area (TPSA) is 21.1 Å². The molecular weight excluding hydrogens is 322 g/mol. The number of aromatic nitrogens is 2. The van der Waals surface area contributed by atoms with Gasteiger partial charge < -0.3 is 4.90 Å². The van der Waals surface area contributed by atoms with Crippen molar-refractivity contribution in [3.05, 3.63) is 38.3 Å². The van der Waals surface area contributed by atoms with Crippen LogP contribution in [0.15, 0.2) is 22.0 Å². The van der Waals surface area contributed by atoms with E-state index in [0.29, 0.717) is 0 Å². The molecule has 0 aromatic carbocycles. The molecule has 104 valence electrons. The monoisotopic (exact) mass is 341 g/mol. The van der Waals surface area contributed by atoms with E-state index in [1.807, 2.05) is 23.1 Å². The molecule has 0 saturated carbocycles. The maximum atomic E-state index is 4.54. The summed E-state index contributed by atoms with van der Waals surface area (Å²) in [6.07, 6.45) is 2.08. The third-order valence-electron chi connectivity index (χ3n) is 3.24. The Hall–Kier alpha value is -0.650. The molecule has 0 amide bonds. The van der Waals surface area contributed by atoms with Crippen molar-refractivity contribution < 1.29 is 0 Å². The molecule has 0 fully saturated rings. The van der Waals surface area contributed by atoms with Crippen molar-refractivity contribution in [2.24, 2.45) is 7.05 Å². The maximum Gasteiger partial charge on any atom is 0.0767 e. The molecule has 0 aliphatic rings. The minimum atomic E-state index is 0.926. The van der Waals surface area contributed by atoms with E-state index in [1.54, 1.807) is 0 Å². The van der Waals surface area contributed by atoms with E-state index >= 15 is 0 Å². The zero-order valence-corrected chi connectivity index (χ0v) is 14.1. The van der Waals surface area contributed by atoms with Gasteiger partial charge in [0.25, 0.3) is 0 Å². The Morgan fingerprint density at radius 1 is 1.47 bits per heavy atom. The first-order chi connectivity index (χ1) is 9.11. The van der Waals surface area contributed by atoms with Gasteiger partial charge in [0, 0.05) is 25.0 Å². The largest absolute Gasteiger partial charge is 0.300 e. The van der Waals surface area contributed by atoms with Crippen molar-refractivity contribution in [3.8, 4) is 0 Å². The second kappa shape index (κ2) is 6.68. The first-order valence-electron chi connectivity index (χ1n) is 6.53. The molecule has 0 radical (unpaired) electrons. The van der Waals surface area contributed by atoms with E-state index in [2.05, 4.69) is 57.4 Å². The van der Waals surface area contributed by atoms with Crippen molar-refractivity contribution in [1.29, 1.82) is 0 Å². The lowest BCUT2D eigenvalue weighted by atomic mass is 10.3. The van der Waals surface area contributed by atoms with Gasteiger partial charge in [0.05, 0.1) is 15.9 Å². The predicted molar refractivity (Wildman–Crippen MR) is 84.6 cm³/mol. The summed E-state index contributed by atoms with van der Waals surface area (Å²) in [6.45, 7) is 4.13. The van der Waals surface area contributed by atoms with Crippen LogP contribution in [-0.2, 0) is 26.4 Å². The van der Waals surface area contributed by atoms with Gasteiger partial charge in [-0.3, -0.25) is 4.68 Å². The molecular formula is C14H20BrN3S. The third kappa shape index (κ3) is 3.68. The molecule has 2 rings (SSSR count). The number of likely N-dealkylation sites (N-methyl/N-ethyl adjacent to an activating group) is 1. The average Bonchev–Trinajstić information content (AvgIpc) is 2.99. The Kier molecular flexibility index (Phi) is 5.19. The third-order valence-corrected chi connectivity index (χ3v) is 5.09. The van der Waals surface area contributed by atoms with Gasteiger partial charge in [0.2, 0.25) is 0 Å². The summed E-state index contributed by atoms with van der Waals surface area (Å²) in [7, 11) is 4.19. The molecule has 0 spiro atoms. The van der Waals surface area contributed by atoms with Crippen molar-refractivity contribution >= 4 is 27.3 Å². The van der Waals surface area contributed by atoms with Crippen LogP contribution in [0.4, 0.5) is 0 Å². The molecule has 0 saturated heterocycles. The second-order valence-corrected chi connectivity index (χ2v) is 6.58. The first-order valence-corrected chi connectivity index (χ1v) is 8.20. The highest BCUT2D eigenvalue weighted by atomic mass is 79.9. The number of rotatable bonds is 6. The van der Waals surface area contributed by atoms with Gasteiger partial charge in [0.1, 0.15) is 0 Å². The summed E-state index contributed by atoms with van der Waals surface area (Å²) in [6, 6.07) is 4.32. The fourth-order valence-corrected chi connectivity index (χ4v) is 3.52. The number of hydrogen-bond acceptors (Lipinski definition) is 3. The Labute approximate surface area is 127 Å². The molecule has 5 heteroatoms. The van der Waals surface area contributed by atoms with Gasteiger partial charge in [-0.15, -0.1) is 11.3 Å². The van der Waals surface area contributed by atoms with E-state index in [4.69, 9.17) is 0 Å². The molecule has 2 aromatic rings. The summed E-state index contributed by atoms with van der Waals surface area (Å²) >= 11 is 5.50. The van der Waals surface area contributed by atoms with E-state index in [0.717, 1.165) is 31.6 Å². The van der Waals surface area contributed by atoms with Crippen LogP contribution in [0.25, 0.3) is 0 Å². The summed E-state index contributed by atoms with van der Waals surface area (Å²) in [5.74, 6) is 0. The number of hydrogen-bond donors (Lipinski definition) is 0. The summed E-state index contributed by atoms with van der Waals surface area (Å²) in [5, 5.41) is 6.68. The molecule has 2 heterocycles. The van der Waals surface area contributed by atoms with Crippen molar-refractivity contribution in [1.82, 2.24) is 14.7 Å². The highest BCUT2D eigenvalue weighted by molar-refractivity contribution is 9.10. The minimum Gasteiger partial charge on any atom is -0.300 e. The van der Waals surface area contributed by atoms with Crippen molar-refractivity contribution in [3.63, 3.8) is 0 Å². The second-order valence-electron chi connectivity index (χ2n) is 4.75. The number of nitrogens with zero attached hydrogens (tertiary/aromatic N) is 3.